The minimum absolute atomic E-state index is 0.292. The molecule has 4 nitrogen and oxygen atoms in total. The predicted molar refractivity (Wildman–Crippen MR) is 113 cm³/mol. The Morgan fingerprint density at radius 3 is 2.62 bits per heavy atom. The number of hydrogen-bond donors (Lipinski definition) is 3. The molecule has 1 aliphatic heterocycles. The molecule has 2 atom stereocenters. The zero-order valence-electron chi connectivity index (χ0n) is 17.1. The van der Waals surface area contributed by atoms with E-state index in [2.05, 4.69) is 35.0 Å². The van der Waals surface area contributed by atoms with Crippen molar-refractivity contribution < 1.29 is 14.6 Å². The van der Waals surface area contributed by atoms with Crippen LogP contribution in [0.15, 0.2) is 42.5 Å². The van der Waals surface area contributed by atoms with Crippen molar-refractivity contribution in [2.24, 2.45) is 0 Å². The first-order valence-corrected chi connectivity index (χ1v) is 10.3. The van der Waals surface area contributed by atoms with E-state index in [-0.39, 0.29) is 5.82 Å². The van der Waals surface area contributed by atoms with Crippen molar-refractivity contribution in [3.05, 3.63) is 70.7 Å². The zero-order valence-corrected chi connectivity index (χ0v) is 17.1. The summed E-state index contributed by atoms with van der Waals surface area (Å²) in [5, 5.41) is 23.2. The molecule has 3 N–H and O–H groups in total. The van der Waals surface area contributed by atoms with Crippen LogP contribution in [-0.4, -0.2) is 39.7 Å². The largest absolute Gasteiger partial charge is 0.387 e. The second-order valence-electron chi connectivity index (χ2n) is 8.42. The first kappa shape index (κ1) is 20.1. The molecule has 0 bridgehead atoms. The summed E-state index contributed by atoms with van der Waals surface area (Å²) in [6.45, 7) is 6.10. The molecule has 2 aromatic carbocycles. The average molecular weight is 397 g/mol. The molecule has 1 saturated heterocycles. The lowest BCUT2D eigenvalue weighted by Crippen LogP contribution is -2.32. The standard InChI is InChI=1S/C24H29FN2O2/c1-16-4-9-20-21(14-16)26-17(2)23(20)22(28)15-27-12-3-10-24(29,11-13-27)18-5-7-19(25)8-6-18/h4-9,14,22,26,28-29H,3,10-13,15H2,1-2H3/t22-,24+/m0/s1. The molecule has 0 spiro atoms. The molecular weight excluding hydrogens is 367 g/mol. The molecule has 2 heterocycles. The Morgan fingerprint density at radius 2 is 1.86 bits per heavy atom. The van der Waals surface area contributed by atoms with Gasteiger partial charge in [-0.3, -0.25) is 0 Å². The number of rotatable bonds is 4. The van der Waals surface area contributed by atoms with E-state index < -0.39 is 11.7 Å². The number of aliphatic hydroxyl groups excluding tert-OH is 1. The normalized spacial score (nSPS) is 22.0. The summed E-state index contributed by atoms with van der Waals surface area (Å²) in [6.07, 6.45) is 1.43. The highest BCUT2D eigenvalue weighted by Gasteiger charge is 2.32. The van der Waals surface area contributed by atoms with E-state index >= 15 is 0 Å². The zero-order chi connectivity index (χ0) is 20.6. The number of fused-ring (bicyclic) bond motifs is 1. The molecule has 29 heavy (non-hydrogen) atoms. The van der Waals surface area contributed by atoms with E-state index in [1.807, 2.05) is 6.92 Å². The van der Waals surface area contributed by atoms with Crippen LogP contribution in [0, 0.1) is 19.7 Å². The molecule has 154 valence electrons. The van der Waals surface area contributed by atoms with Crippen LogP contribution in [-0.2, 0) is 5.60 Å². The lowest BCUT2D eigenvalue weighted by Gasteiger charge is -2.28. The quantitative estimate of drug-likeness (QED) is 0.615. The summed E-state index contributed by atoms with van der Waals surface area (Å²) in [6, 6.07) is 12.4. The van der Waals surface area contributed by atoms with Gasteiger partial charge in [-0.15, -0.1) is 0 Å². The number of benzene rings is 2. The average Bonchev–Trinajstić information content (AvgIpc) is 2.88. The highest BCUT2D eigenvalue weighted by molar-refractivity contribution is 5.85. The molecule has 1 aliphatic rings. The van der Waals surface area contributed by atoms with E-state index in [1.54, 1.807) is 12.1 Å². The van der Waals surface area contributed by atoms with E-state index in [0.717, 1.165) is 40.7 Å². The van der Waals surface area contributed by atoms with Gasteiger partial charge in [-0.1, -0.05) is 24.3 Å². The van der Waals surface area contributed by atoms with E-state index in [0.29, 0.717) is 25.9 Å². The highest BCUT2D eigenvalue weighted by atomic mass is 19.1. The van der Waals surface area contributed by atoms with Crippen molar-refractivity contribution in [2.75, 3.05) is 19.6 Å². The van der Waals surface area contributed by atoms with Crippen molar-refractivity contribution >= 4 is 10.9 Å². The number of aryl methyl sites for hydroxylation is 2. The van der Waals surface area contributed by atoms with Gasteiger partial charge in [0.25, 0.3) is 0 Å². The monoisotopic (exact) mass is 396 g/mol. The summed E-state index contributed by atoms with van der Waals surface area (Å²) in [7, 11) is 0. The van der Waals surface area contributed by atoms with Gasteiger partial charge < -0.3 is 20.1 Å². The molecule has 1 fully saturated rings. The molecule has 0 radical (unpaired) electrons. The van der Waals surface area contributed by atoms with E-state index in [4.69, 9.17) is 0 Å². The number of nitrogens with zero attached hydrogens (tertiary/aromatic N) is 1. The third-order valence-corrected chi connectivity index (χ3v) is 6.24. The second-order valence-corrected chi connectivity index (χ2v) is 8.42. The number of aromatic amines is 1. The van der Waals surface area contributed by atoms with Crippen molar-refractivity contribution in [1.29, 1.82) is 0 Å². The summed E-state index contributed by atoms with van der Waals surface area (Å²) in [5.41, 5.74) is 4.02. The Hall–Kier alpha value is -2.21. The number of H-pyrrole nitrogens is 1. The Labute approximate surface area is 171 Å². The van der Waals surface area contributed by atoms with Gasteiger partial charge in [-0.25, -0.2) is 4.39 Å². The highest BCUT2D eigenvalue weighted by Crippen LogP contribution is 2.34. The molecule has 4 rings (SSSR count). The Bertz CT molecular complexity index is 998. The number of nitrogens with one attached hydrogen (secondary N) is 1. The lowest BCUT2D eigenvalue weighted by atomic mass is 9.87. The molecule has 0 unspecified atom stereocenters. The Kier molecular flexibility index (Phi) is 5.47. The minimum Gasteiger partial charge on any atom is -0.387 e. The number of halogens is 1. The Morgan fingerprint density at radius 1 is 1.10 bits per heavy atom. The minimum atomic E-state index is -0.943. The molecule has 3 aromatic rings. The summed E-state index contributed by atoms with van der Waals surface area (Å²) >= 11 is 0. The van der Waals surface area contributed by atoms with Gasteiger partial charge in [0.15, 0.2) is 0 Å². The molecule has 0 saturated carbocycles. The van der Waals surface area contributed by atoms with Crippen LogP contribution in [0.2, 0.25) is 0 Å². The fourth-order valence-electron chi connectivity index (χ4n) is 4.64. The SMILES string of the molecule is Cc1ccc2c([C@@H](O)CN3CCC[C@](O)(c4ccc(F)cc4)CC3)c(C)[nH]c2c1. The van der Waals surface area contributed by atoms with E-state index in [1.165, 1.54) is 17.7 Å². The molecular formula is C24H29FN2O2. The maximum atomic E-state index is 13.2. The topological polar surface area (TPSA) is 59.5 Å². The van der Waals surface area contributed by atoms with Crippen LogP contribution < -0.4 is 0 Å². The number of hydrogen-bond acceptors (Lipinski definition) is 3. The number of β-amino-alcohol motifs (C(OH)–C–C–N with tert-alkyl or cyclic N) is 1. The number of likely N-dealkylation sites (tertiary alicyclic amines) is 1. The van der Waals surface area contributed by atoms with Crippen LogP contribution in [0.1, 0.15) is 47.8 Å². The van der Waals surface area contributed by atoms with Gasteiger partial charge in [-0.2, -0.15) is 0 Å². The van der Waals surface area contributed by atoms with Crippen molar-refractivity contribution in [3.63, 3.8) is 0 Å². The summed E-state index contributed by atoms with van der Waals surface area (Å²) in [4.78, 5) is 5.61. The fourth-order valence-corrected chi connectivity index (χ4v) is 4.64. The van der Waals surface area contributed by atoms with Gasteiger partial charge in [-0.05, 0) is 69.0 Å². The van der Waals surface area contributed by atoms with Crippen LogP contribution in [0.3, 0.4) is 0 Å². The fraction of sp³-hybridized carbons (Fsp3) is 0.417. The van der Waals surface area contributed by atoms with Gasteiger partial charge >= 0.3 is 0 Å². The third kappa shape index (κ3) is 4.08. The number of aromatic nitrogens is 1. The van der Waals surface area contributed by atoms with E-state index in [9.17, 15) is 14.6 Å². The first-order valence-electron chi connectivity index (χ1n) is 10.3. The lowest BCUT2D eigenvalue weighted by molar-refractivity contribution is 0.0194. The van der Waals surface area contributed by atoms with Crippen molar-refractivity contribution in [3.8, 4) is 0 Å². The second kappa shape index (κ2) is 7.90. The van der Waals surface area contributed by atoms with Crippen LogP contribution in [0.4, 0.5) is 4.39 Å². The van der Waals surface area contributed by atoms with Gasteiger partial charge in [0.05, 0.1) is 11.7 Å². The maximum absolute atomic E-state index is 13.2. The van der Waals surface area contributed by atoms with Gasteiger partial charge in [0.1, 0.15) is 5.82 Å². The first-order chi connectivity index (χ1) is 13.9. The summed E-state index contributed by atoms with van der Waals surface area (Å²) in [5.74, 6) is -0.292. The third-order valence-electron chi connectivity index (χ3n) is 6.24. The molecule has 0 amide bonds. The van der Waals surface area contributed by atoms with Gasteiger partial charge in [0, 0.05) is 35.2 Å². The van der Waals surface area contributed by atoms with Crippen molar-refractivity contribution in [2.45, 2.75) is 44.8 Å². The molecule has 1 aromatic heterocycles. The van der Waals surface area contributed by atoms with Crippen LogP contribution in [0.5, 0.6) is 0 Å². The summed E-state index contributed by atoms with van der Waals surface area (Å²) < 4.78 is 13.2. The van der Waals surface area contributed by atoms with Crippen LogP contribution in [0.25, 0.3) is 10.9 Å². The predicted octanol–water partition coefficient (Wildman–Crippen LogP) is 4.33. The van der Waals surface area contributed by atoms with Gasteiger partial charge in [0.2, 0.25) is 0 Å². The van der Waals surface area contributed by atoms with Crippen molar-refractivity contribution in [1.82, 2.24) is 9.88 Å². The smallest absolute Gasteiger partial charge is 0.123 e. The Balaban J connectivity index is 1.48. The molecule has 5 heteroatoms. The number of aliphatic hydroxyl groups is 2. The maximum Gasteiger partial charge on any atom is 0.123 e. The van der Waals surface area contributed by atoms with Crippen LogP contribution >= 0.6 is 0 Å². The molecule has 0 aliphatic carbocycles.